The summed E-state index contributed by atoms with van der Waals surface area (Å²) < 4.78 is 31.8. The highest BCUT2D eigenvalue weighted by Gasteiger charge is 2.39. The van der Waals surface area contributed by atoms with Crippen LogP contribution in [-0.2, 0) is 0 Å². The van der Waals surface area contributed by atoms with E-state index < -0.39 is 5.92 Å². The van der Waals surface area contributed by atoms with E-state index in [0.717, 1.165) is 0 Å². The number of nitrogens with two attached hydrogens (primary N) is 1. The lowest BCUT2D eigenvalue weighted by atomic mass is 10.2. The van der Waals surface area contributed by atoms with Crippen molar-refractivity contribution in [3.8, 4) is 5.75 Å². The summed E-state index contributed by atoms with van der Waals surface area (Å²) in [6, 6.07) is 5.12. The molecule has 3 nitrogen and oxygen atoms in total. The lowest BCUT2D eigenvalue weighted by Crippen LogP contribution is -2.25. The summed E-state index contributed by atoms with van der Waals surface area (Å²) in [7, 11) is 0. The smallest absolute Gasteiger partial charge is 0.266 e. The van der Waals surface area contributed by atoms with Gasteiger partial charge in [0.2, 0.25) is 0 Å². The van der Waals surface area contributed by atoms with Crippen molar-refractivity contribution >= 4 is 11.4 Å². The number of hydrogen-bond acceptors (Lipinski definition) is 3. The first kappa shape index (κ1) is 12.0. The van der Waals surface area contributed by atoms with Crippen molar-refractivity contribution in [2.45, 2.75) is 19.3 Å². The third-order valence-corrected chi connectivity index (χ3v) is 2.79. The molecule has 17 heavy (non-hydrogen) atoms. The first-order valence-corrected chi connectivity index (χ1v) is 5.67. The third-order valence-electron chi connectivity index (χ3n) is 2.79. The molecule has 0 aliphatic carbocycles. The molecule has 1 heterocycles. The molecule has 0 unspecified atom stereocenters. The first-order valence-electron chi connectivity index (χ1n) is 5.67. The van der Waals surface area contributed by atoms with Crippen molar-refractivity contribution in [3.63, 3.8) is 0 Å². The topological polar surface area (TPSA) is 38.5 Å². The number of alkyl halides is 2. The zero-order valence-electron chi connectivity index (χ0n) is 9.75. The number of ether oxygens (including phenoxy) is 1. The van der Waals surface area contributed by atoms with Crippen LogP contribution in [0.3, 0.4) is 0 Å². The molecule has 0 saturated carbocycles. The number of halogens is 2. The average Bonchev–Trinajstić information content (AvgIpc) is 2.59. The second-order valence-corrected chi connectivity index (χ2v) is 4.19. The highest BCUT2D eigenvalue weighted by atomic mass is 19.3. The van der Waals surface area contributed by atoms with Gasteiger partial charge in [0, 0.05) is 24.7 Å². The molecular weight excluding hydrogens is 226 g/mol. The van der Waals surface area contributed by atoms with Gasteiger partial charge in [-0.1, -0.05) is 0 Å². The largest absolute Gasteiger partial charge is 0.492 e. The van der Waals surface area contributed by atoms with E-state index in [2.05, 4.69) is 0 Å². The lowest BCUT2D eigenvalue weighted by Gasteiger charge is -2.21. The van der Waals surface area contributed by atoms with Crippen LogP contribution in [0.1, 0.15) is 13.3 Å². The molecule has 1 aliphatic rings. The number of anilines is 2. The van der Waals surface area contributed by atoms with Gasteiger partial charge in [0.05, 0.1) is 18.8 Å². The van der Waals surface area contributed by atoms with Crippen LogP contribution in [0.15, 0.2) is 18.2 Å². The first-order chi connectivity index (χ1) is 8.02. The predicted octanol–water partition coefficient (Wildman–Crippen LogP) is 2.51. The molecule has 1 aromatic rings. The second kappa shape index (κ2) is 4.39. The Kier molecular flexibility index (Phi) is 3.09. The molecule has 0 amide bonds. The number of nitrogen functional groups attached to an aromatic ring is 1. The monoisotopic (exact) mass is 242 g/mol. The normalized spacial score (nSPS) is 18.4. The molecule has 94 valence electrons. The minimum absolute atomic E-state index is 0.108. The molecule has 2 N–H and O–H groups in total. The van der Waals surface area contributed by atoms with Crippen molar-refractivity contribution < 1.29 is 13.5 Å². The number of nitrogens with zero attached hydrogens (tertiary/aromatic N) is 1. The summed E-state index contributed by atoms with van der Waals surface area (Å²) in [6.07, 6.45) is -0.108. The van der Waals surface area contributed by atoms with Gasteiger partial charge < -0.3 is 15.4 Å². The summed E-state index contributed by atoms with van der Waals surface area (Å²) in [6.45, 7) is 2.43. The summed E-state index contributed by atoms with van der Waals surface area (Å²) in [5.41, 5.74) is 6.93. The van der Waals surface area contributed by atoms with Gasteiger partial charge in [-0.2, -0.15) is 0 Å². The van der Waals surface area contributed by atoms with Crippen LogP contribution in [0.4, 0.5) is 20.2 Å². The molecule has 1 aliphatic heterocycles. The van der Waals surface area contributed by atoms with Gasteiger partial charge in [-0.25, -0.2) is 8.78 Å². The number of rotatable bonds is 3. The van der Waals surface area contributed by atoms with E-state index >= 15 is 0 Å². The molecule has 1 fully saturated rings. The fraction of sp³-hybridized carbons (Fsp3) is 0.500. The molecule has 0 aromatic heterocycles. The van der Waals surface area contributed by atoms with Crippen LogP contribution in [0, 0.1) is 0 Å². The van der Waals surface area contributed by atoms with E-state index in [1.165, 1.54) is 0 Å². The summed E-state index contributed by atoms with van der Waals surface area (Å²) in [5.74, 6) is -2.03. The Bertz CT molecular complexity index is 409. The molecule has 1 aromatic carbocycles. The minimum atomic E-state index is -2.61. The Morgan fingerprint density at radius 1 is 1.47 bits per heavy atom. The minimum Gasteiger partial charge on any atom is -0.492 e. The molecule has 0 radical (unpaired) electrons. The van der Waals surface area contributed by atoms with Crippen LogP contribution in [-0.4, -0.2) is 25.6 Å². The molecule has 0 bridgehead atoms. The maximum atomic E-state index is 13.2. The van der Waals surface area contributed by atoms with Crippen molar-refractivity contribution in [1.82, 2.24) is 0 Å². The van der Waals surface area contributed by atoms with Gasteiger partial charge in [0.1, 0.15) is 5.75 Å². The Labute approximate surface area is 99.2 Å². The van der Waals surface area contributed by atoms with Gasteiger partial charge in [-0.15, -0.1) is 0 Å². The van der Waals surface area contributed by atoms with Gasteiger partial charge >= 0.3 is 0 Å². The fourth-order valence-corrected chi connectivity index (χ4v) is 2.00. The standard InChI is InChI=1S/C12H16F2N2O/c1-2-17-11-7-9(15)3-4-10(11)16-6-5-12(13,14)8-16/h3-4,7H,2,5-6,8,15H2,1H3. The average molecular weight is 242 g/mol. The Balaban J connectivity index is 2.26. The van der Waals surface area contributed by atoms with Gasteiger partial charge in [-0.3, -0.25) is 0 Å². The van der Waals surface area contributed by atoms with E-state index in [4.69, 9.17) is 10.5 Å². The molecule has 0 spiro atoms. The molecule has 1 saturated heterocycles. The molecular formula is C12H16F2N2O. The van der Waals surface area contributed by atoms with Crippen LogP contribution in [0.2, 0.25) is 0 Å². The summed E-state index contributed by atoms with van der Waals surface area (Å²) in [5, 5.41) is 0. The van der Waals surface area contributed by atoms with E-state index in [1.807, 2.05) is 6.92 Å². The zero-order valence-corrected chi connectivity index (χ0v) is 9.75. The number of hydrogen-bond donors (Lipinski definition) is 1. The molecule has 5 heteroatoms. The SMILES string of the molecule is CCOc1cc(N)ccc1N1CCC(F)(F)C1. The Hall–Kier alpha value is -1.52. The van der Waals surface area contributed by atoms with Crippen molar-refractivity contribution in [1.29, 1.82) is 0 Å². The third kappa shape index (κ3) is 2.60. The highest BCUT2D eigenvalue weighted by molar-refractivity contribution is 5.64. The van der Waals surface area contributed by atoms with E-state index in [0.29, 0.717) is 30.3 Å². The molecule has 0 atom stereocenters. The maximum Gasteiger partial charge on any atom is 0.266 e. The lowest BCUT2D eigenvalue weighted by molar-refractivity contribution is 0.0257. The second-order valence-electron chi connectivity index (χ2n) is 4.19. The quantitative estimate of drug-likeness (QED) is 0.828. The van der Waals surface area contributed by atoms with Crippen molar-refractivity contribution in [2.24, 2.45) is 0 Å². The van der Waals surface area contributed by atoms with E-state index in [1.54, 1.807) is 23.1 Å². The maximum absolute atomic E-state index is 13.2. The predicted molar refractivity (Wildman–Crippen MR) is 63.8 cm³/mol. The van der Waals surface area contributed by atoms with Gasteiger partial charge in [0.15, 0.2) is 0 Å². The highest BCUT2D eigenvalue weighted by Crippen LogP contribution is 2.36. The van der Waals surface area contributed by atoms with Crippen molar-refractivity contribution in [3.05, 3.63) is 18.2 Å². The van der Waals surface area contributed by atoms with Crippen LogP contribution < -0.4 is 15.4 Å². The van der Waals surface area contributed by atoms with Gasteiger partial charge in [0.25, 0.3) is 5.92 Å². The Morgan fingerprint density at radius 2 is 2.24 bits per heavy atom. The van der Waals surface area contributed by atoms with E-state index in [9.17, 15) is 8.78 Å². The Morgan fingerprint density at radius 3 is 2.82 bits per heavy atom. The van der Waals surface area contributed by atoms with E-state index in [-0.39, 0.29) is 13.0 Å². The van der Waals surface area contributed by atoms with Crippen molar-refractivity contribution in [2.75, 3.05) is 30.3 Å². The number of benzene rings is 1. The summed E-state index contributed by atoms with van der Waals surface area (Å²) in [4.78, 5) is 1.64. The van der Waals surface area contributed by atoms with Crippen LogP contribution in [0.5, 0.6) is 5.75 Å². The van der Waals surface area contributed by atoms with Gasteiger partial charge in [-0.05, 0) is 19.1 Å². The molecule has 2 rings (SSSR count). The zero-order chi connectivity index (χ0) is 12.5. The van der Waals surface area contributed by atoms with Crippen LogP contribution in [0.25, 0.3) is 0 Å². The fourth-order valence-electron chi connectivity index (χ4n) is 2.00. The summed E-state index contributed by atoms with van der Waals surface area (Å²) >= 11 is 0. The van der Waals surface area contributed by atoms with Crippen LogP contribution >= 0.6 is 0 Å².